The van der Waals surface area contributed by atoms with Gasteiger partial charge in [-0.25, -0.2) is 4.98 Å². The number of benzene rings is 1. The summed E-state index contributed by atoms with van der Waals surface area (Å²) < 4.78 is 10.4. The quantitative estimate of drug-likeness (QED) is 0.890. The van der Waals surface area contributed by atoms with Crippen LogP contribution >= 0.6 is 11.3 Å². The Hall–Kier alpha value is -2.08. The first kappa shape index (κ1) is 15.3. The Morgan fingerprint density at radius 1 is 1.29 bits per heavy atom. The molecule has 0 fully saturated rings. The van der Waals surface area contributed by atoms with E-state index in [1.54, 1.807) is 14.2 Å². The van der Waals surface area contributed by atoms with E-state index in [1.165, 1.54) is 11.3 Å². The number of carbonyl (C=O) groups excluding carboxylic acids is 1. The summed E-state index contributed by atoms with van der Waals surface area (Å²) in [6.07, 6.45) is 0.719. The first-order valence-electron chi connectivity index (χ1n) is 6.55. The maximum Gasteiger partial charge on any atom is 0.280 e. The normalized spacial score (nSPS) is 10.2. The Morgan fingerprint density at radius 3 is 2.67 bits per heavy atom. The average Bonchev–Trinajstić information content (AvgIpc) is 2.93. The van der Waals surface area contributed by atoms with Crippen LogP contribution in [0.2, 0.25) is 0 Å². The summed E-state index contributed by atoms with van der Waals surface area (Å²) in [5, 5.41) is 5.23. The Labute approximate surface area is 127 Å². The van der Waals surface area contributed by atoms with Gasteiger partial charge in [0.1, 0.15) is 0 Å². The standard InChI is InChI=1S/C15H18N2O3S/c1-10-9-21-15(17-10)14(18)16-7-6-11-4-5-12(19-2)13(8-11)20-3/h4-5,8-9H,6-7H2,1-3H3,(H,16,18). The molecule has 0 aliphatic heterocycles. The van der Waals surface area contributed by atoms with Crippen LogP contribution in [0.15, 0.2) is 23.6 Å². The van der Waals surface area contributed by atoms with Crippen molar-refractivity contribution in [2.24, 2.45) is 0 Å². The first-order chi connectivity index (χ1) is 10.1. The molecule has 112 valence electrons. The van der Waals surface area contributed by atoms with Crippen LogP contribution in [0.1, 0.15) is 21.1 Å². The molecule has 2 rings (SSSR count). The summed E-state index contributed by atoms with van der Waals surface area (Å²) >= 11 is 1.36. The van der Waals surface area contributed by atoms with E-state index >= 15 is 0 Å². The van der Waals surface area contributed by atoms with E-state index in [0.717, 1.165) is 17.7 Å². The molecule has 1 amide bonds. The Morgan fingerprint density at radius 2 is 2.05 bits per heavy atom. The summed E-state index contributed by atoms with van der Waals surface area (Å²) in [4.78, 5) is 16.0. The highest BCUT2D eigenvalue weighted by Gasteiger charge is 2.09. The molecule has 0 unspecified atom stereocenters. The van der Waals surface area contributed by atoms with Gasteiger partial charge in [-0.3, -0.25) is 4.79 Å². The van der Waals surface area contributed by atoms with Crippen molar-refractivity contribution in [1.29, 1.82) is 0 Å². The van der Waals surface area contributed by atoms with E-state index in [2.05, 4.69) is 10.3 Å². The molecule has 21 heavy (non-hydrogen) atoms. The number of methoxy groups -OCH3 is 2. The van der Waals surface area contributed by atoms with Gasteiger partial charge >= 0.3 is 0 Å². The van der Waals surface area contributed by atoms with Crippen molar-refractivity contribution in [2.45, 2.75) is 13.3 Å². The van der Waals surface area contributed by atoms with Gasteiger partial charge in [0, 0.05) is 17.6 Å². The molecule has 2 aromatic rings. The number of amides is 1. The van der Waals surface area contributed by atoms with E-state index in [9.17, 15) is 4.79 Å². The van der Waals surface area contributed by atoms with Crippen molar-refractivity contribution < 1.29 is 14.3 Å². The number of aromatic nitrogens is 1. The van der Waals surface area contributed by atoms with E-state index in [-0.39, 0.29) is 5.91 Å². The molecular weight excluding hydrogens is 288 g/mol. The summed E-state index contributed by atoms with van der Waals surface area (Å²) in [6.45, 7) is 2.42. The van der Waals surface area contributed by atoms with E-state index < -0.39 is 0 Å². The molecule has 0 radical (unpaired) electrons. The summed E-state index contributed by atoms with van der Waals surface area (Å²) in [7, 11) is 3.21. The molecule has 0 aliphatic rings. The molecule has 0 saturated heterocycles. The van der Waals surface area contributed by atoms with Crippen molar-refractivity contribution in [2.75, 3.05) is 20.8 Å². The van der Waals surface area contributed by atoms with Crippen molar-refractivity contribution in [1.82, 2.24) is 10.3 Å². The largest absolute Gasteiger partial charge is 0.493 e. The topological polar surface area (TPSA) is 60.5 Å². The zero-order valence-corrected chi connectivity index (χ0v) is 13.1. The lowest BCUT2D eigenvalue weighted by molar-refractivity contribution is 0.0953. The van der Waals surface area contributed by atoms with E-state index in [4.69, 9.17) is 9.47 Å². The number of carbonyl (C=O) groups is 1. The zero-order valence-electron chi connectivity index (χ0n) is 12.3. The Bertz CT molecular complexity index is 625. The SMILES string of the molecule is COc1ccc(CCNC(=O)c2nc(C)cs2)cc1OC. The average molecular weight is 306 g/mol. The molecular formula is C15H18N2O3S. The number of ether oxygens (including phenoxy) is 2. The third kappa shape index (κ3) is 3.95. The number of hydrogen-bond acceptors (Lipinski definition) is 5. The number of nitrogens with one attached hydrogen (secondary N) is 1. The van der Waals surface area contributed by atoms with Gasteiger partial charge in [0.25, 0.3) is 5.91 Å². The second-order valence-corrected chi connectivity index (χ2v) is 5.35. The van der Waals surface area contributed by atoms with Gasteiger partial charge in [0.05, 0.1) is 14.2 Å². The fraction of sp³-hybridized carbons (Fsp3) is 0.333. The molecule has 0 bridgehead atoms. The van der Waals surface area contributed by atoms with E-state index in [1.807, 2.05) is 30.5 Å². The Balaban J connectivity index is 1.90. The van der Waals surface area contributed by atoms with Crippen molar-refractivity contribution in [3.05, 3.63) is 39.8 Å². The van der Waals surface area contributed by atoms with Gasteiger partial charge < -0.3 is 14.8 Å². The van der Waals surface area contributed by atoms with Crippen LogP contribution < -0.4 is 14.8 Å². The monoisotopic (exact) mass is 306 g/mol. The van der Waals surface area contributed by atoms with Gasteiger partial charge in [0.2, 0.25) is 0 Å². The minimum Gasteiger partial charge on any atom is -0.493 e. The molecule has 0 saturated carbocycles. The summed E-state index contributed by atoms with van der Waals surface area (Å²) in [5.41, 5.74) is 1.94. The van der Waals surface area contributed by atoms with Crippen molar-refractivity contribution in [3.63, 3.8) is 0 Å². The number of aryl methyl sites for hydroxylation is 1. The molecule has 1 heterocycles. The van der Waals surface area contributed by atoms with Gasteiger partial charge in [0.15, 0.2) is 16.5 Å². The molecule has 1 N–H and O–H groups in total. The molecule has 0 atom stereocenters. The predicted molar refractivity (Wildman–Crippen MR) is 82.4 cm³/mol. The van der Waals surface area contributed by atoms with Crippen LogP contribution in [-0.2, 0) is 6.42 Å². The van der Waals surface area contributed by atoms with Crippen LogP contribution in [0.25, 0.3) is 0 Å². The molecule has 5 nitrogen and oxygen atoms in total. The van der Waals surface area contributed by atoms with Crippen LogP contribution in [0.4, 0.5) is 0 Å². The third-order valence-corrected chi connectivity index (χ3v) is 3.92. The Kier molecular flexibility index (Phi) is 5.16. The second-order valence-electron chi connectivity index (χ2n) is 4.49. The van der Waals surface area contributed by atoms with Gasteiger partial charge in [-0.15, -0.1) is 11.3 Å². The molecule has 1 aromatic heterocycles. The third-order valence-electron chi connectivity index (χ3n) is 2.96. The summed E-state index contributed by atoms with van der Waals surface area (Å²) in [5.74, 6) is 1.26. The number of thiazole rings is 1. The van der Waals surface area contributed by atoms with Crippen molar-refractivity contribution in [3.8, 4) is 11.5 Å². The van der Waals surface area contributed by atoms with E-state index in [0.29, 0.717) is 23.1 Å². The van der Waals surface area contributed by atoms with Crippen LogP contribution in [0, 0.1) is 6.92 Å². The molecule has 1 aromatic carbocycles. The highest BCUT2D eigenvalue weighted by Crippen LogP contribution is 2.27. The summed E-state index contributed by atoms with van der Waals surface area (Å²) in [6, 6.07) is 5.74. The van der Waals surface area contributed by atoms with Crippen LogP contribution in [-0.4, -0.2) is 31.7 Å². The molecule has 0 aliphatic carbocycles. The number of hydrogen-bond donors (Lipinski definition) is 1. The lowest BCUT2D eigenvalue weighted by atomic mass is 10.1. The smallest absolute Gasteiger partial charge is 0.280 e. The number of rotatable bonds is 6. The highest BCUT2D eigenvalue weighted by atomic mass is 32.1. The maximum atomic E-state index is 11.9. The molecule has 6 heteroatoms. The molecule has 0 spiro atoms. The van der Waals surface area contributed by atoms with Crippen LogP contribution in [0.5, 0.6) is 11.5 Å². The highest BCUT2D eigenvalue weighted by molar-refractivity contribution is 7.11. The first-order valence-corrected chi connectivity index (χ1v) is 7.43. The fourth-order valence-corrected chi connectivity index (χ4v) is 2.60. The second kappa shape index (κ2) is 7.08. The zero-order chi connectivity index (χ0) is 15.2. The predicted octanol–water partition coefficient (Wildman–Crippen LogP) is 2.44. The van der Waals surface area contributed by atoms with Crippen molar-refractivity contribution >= 4 is 17.2 Å². The van der Waals surface area contributed by atoms with Crippen LogP contribution in [0.3, 0.4) is 0 Å². The van der Waals surface area contributed by atoms with Gasteiger partial charge in [-0.05, 0) is 31.0 Å². The van der Waals surface area contributed by atoms with Gasteiger partial charge in [-0.1, -0.05) is 6.07 Å². The maximum absolute atomic E-state index is 11.9. The lowest BCUT2D eigenvalue weighted by Gasteiger charge is -2.09. The minimum absolute atomic E-state index is 0.131. The number of nitrogens with zero attached hydrogens (tertiary/aromatic N) is 1. The fourth-order valence-electron chi connectivity index (χ4n) is 1.89. The van der Waals surface area contributed by atoms with Gasteiger partial charge in [-0.2, -0.15) is 0 Å². The lowest BCUT2D eigenvalue weighted by Crippen LogP contribution is -2.25. The minimum atomic E-state index is -0.131.